The Balaban J connectivity index is 1.78. The maximum Gasteiger partial charge on any atom is 0.156 e. The van der Waals surface area contributed by atoms with Crippen LogP contribution in [0.3, 0.4) is 0 Å². The van der Waals surface area contributed by atoms with Crippen molar-refractivity contribution in [1.29, 1.82) is 0 Å². The first-order valence-electron chi connectivity index (χ1n) is 12.0. The number of benzene rings is 2. The maximum atomic E-state index is 6.56. The Morgan fingerprint density at radius 3 is 2.23 bits per heavy atom. The van der Waals surface area contributed by atoms with Gasteiger partial charge in [0, 0.05) is 22.2 Å². The van der Waals surface area contributed by atoms with E-state index >= 15 is 0 Å². The number of pyridine rings is 2. The van der Waals surface area contributed by atoms with E-state index in [1.54, 1.807) is 0 Å². The number of imidazole rings is 1. The summed E-state index contributed by atoms with van der Waals surface area (Å²) in [6.45, 7) is 14.7. The van der Waals surface area contributed by atoms with E-state index in [1.165, 1.54) is 22.3 Å². The molecule has 0 aliphatic rings. The molecule has 0 aliphatic carbocycles. The Labute approximate surface area is 204 Å². The van der Waals surface area contributed by atoms with Crippen LogP contribution in [0.2, 0.25) is 0 Å². The van der Waals surface area contributed by atoms with Crippen LogP contribution in [0.4, 0.5) is 0 Å². The Bertz CT molecular complexity index is 1800. The minimum atomic E-state index is 0.837. The van der Waals surface area contributed by atoms with Gasteiger partial charge in [-0.25, -0.2) is 4.98 Å². The average molecular weight is 461 g/mol. The molecule has 6 aromatic rings. The number of hydrogen-bond acceptors (Lipinski definition) is 4. The highest BCUT2D eigenvalue weighted by Crippen LogP contribution is 2.40. The molecule has 4 aromatic heterocycles. The third-order valence-corrected chi connectivity index (χ3v) is 6.89. The summed E-state index contributed by atoms with van der Waals surface area (Å²) >= 11 is 0. The van der Waals surface area contributed by atoms with E-state index in [4.69, 9.17) is 9.40 Å². The van der Waals surface area contributed by atoms with Crippen molar-refractivity contribution in [2.75, 3.05) is 0 Å². The fourth-order valence-corrected chi connectivity index (χ4v) is 5.55. The van der Waals surface area contributed by atoms with E-state index in [2.05, 4.69) is 78.6 Å². The molecule has 5 nitrogen and oxygen atoms in total. The van der Waals surface area contributed by atoms with Crippen LogP contribution in [0.5, 0.6) is 0 Å². The highest BCUT2D eigenvalue weighted by atomic mass is 16.3. The van der Waals surface area contributed by atoms with Gasteiger partial charge in [-0.15, -0.1) is 0 Å². The third-order valence-electron chi connectivity index (χ3n) is 6.89. The summed E-state index contributed by atoms with van der Waals surface area (Å²) in [6, 6.07) is 13.0. The second-order valence-corrected chi connectivity index (χ2v) is 9.79. The molecule has 6 rings (SSSR count). The summed E-state index contributed by atoms with van der Waals surface area (Å²) in [5, 5.41) is 2.23. The van der Waals surface area contributed by atoms with Crippen molar-refractivity contribution in [2.24, 2.45) is 0 Å². The molecular weight excluding hydrogens is 432 g/mol. The molecular formula is C30H28N4O. The number of aromatic nitrogens is 4. The van der Waals surface area contributed by atoms with Gasteiger partial charge in [0.2, 0.25) is 0 Å². The molecule has 0 aliphatic heterocycles. The van der Waals surface area contributed by atoms with Crippen molar-refractivity contribution in [3.63, 3.8) is 0 Å². The fraction of sp³-hybridized carbons (Fsp3) is 0.233. The molecule has 0 unspecified atom stereocenters. The number of fused-ring (bicyclic) bond motifs is 4. The van der Waals surface area contributed by atoms with Crippen molar-refractivity contribution in [3.8, 4) is 17.1 Å². The molecule has 0 fully saturated rings. The molecule has 2 aromatic carbocycles. The molecule has 0 N–H and O–H groups in total. The normalized spacial score (nSPS) is 11.9. The molecule has 0 atom stereocenters. The zero-order chi connectivity index (χ0) is 24.6. The van der Waals surface area contributed by atoms with E-state index in [1.807, 2.05) is 27.0 Å². The molecule has 0 saturated heterocycles. The van der Waals surface area contributed by atoms with Crippen LogP contribution in [0.15, 0.2) is 47.0 Å². The predicted octanol–water partition coefficient (Wildman–Crippen LogP) is 7.54. The van der Waals surface area contributed by atoms with Crippen LogP contribution in [0.1, 0.15) is 39.3 Å². The van der Waals surface area contributed by atoms with Crippen molar-refractivity contribution in [3.05, 3.63) is 81.9 Å². The SMILES string of the molecule is Cc1cc(C)c(-n2c(-c3ccc(C)c4c3oc3c(C)nc(C)cc34)nc3cnc(C)cc32)c(C)c1. The number of aryl methyl sites for hydroxylation is 7. The van der Waals surface area contributed by atoms with Crippen LogP contribution in [0, 0.1) is 48.5 Å². The zero-order valence-corrected chi connectivity index (χ0v) is 21.2. The summed E-state index contributed by atoms with van der Waals surface area (Å²) in [4.78, 5) is 14.3. The van der Waals surface area contributed by atoms with Crippen LogP contribution in [-0.4, -0.2) is 19.5 Å². The number of furan rings is 1. The highest BCUT2D eigenvalue weighted by molar-refractivity contribution is 6.11. The second kappa shape index (κ2) is 7.51. The molecule has 0 bridgehead atoms. The number of hydrogen-bond donors (Lipinski definition) is 0. The van der Waals surface area contributed by atoms with Gasteiger partial charge in [-0.3, -0.25) is 14.5 Å². The molecule has 5 heteroatoms. The Morgan fingerprint density at radius 1 is 0.743 bits per heavy atom. The van der Waals surface area contributed by atoms with Crippen LogP contribution in [-0.2, 0) is 0 Å². The van der Waals surface area contributed by atoms with Crippen molar-refractivity contribution >= 4 is 33.0 Å². The fourth-order valence-electron chi connectivity index (χ4n) is 5.55. The number of nitrogens with zero attached hydrogens (tertiary/aromatic N) is 4. The predicted molar refractivity (Wildman–Crippen MR) is 143 cm³/mol. The van der Waals surface area contributed by atoms with Gasteiger partial charge in [0.15, 0.2) is 5.58 Å². The lowest BCUT2D eigenvalue weighted by Gasteiger charge is -2.17. The average Bonchev–Trinajstić information content (AvgIpc) is 3.33. The summed E-state index contributed by atoms with van der Waals surface area (Å²) in [5.74, 6) is 0.855. The van der Waals surface area contributed by atoms with E-state index < -0.39 is 0 Å². The highest BCUT2D eigenvalue weighted by Gasteiger charge is 2.23. The van der Waals surface area contributed by atoms with Gasteiger partial charge in [0.1, 0.15) is 16.9 Å². The smallest absolute Gasteiger partial charge is 0.156 e. The van der Waals surface area contributed by atoms with Crippen molar-refractivity contribution in [2.45, 2.75) is 48.5 Å². The lowest BCUT2D eigenvalue weighted by molar-refractivity contribution is 0.662. The first kappa shape index (κ1) is 21.5. The quantitative estimate of drug-likeness (QED) is 0.268. The van der Waals surface area contributed by atoms with E-state index in [9.17, 15) is 0 Å². The number of rotatable bonds is 2. The van der Waals surface area contributed by atoms with Crippen LogP contribution in [0.25, 0.3) is 50.0 Å². The maximum absolute atomic E-state index is 6.56. The Morgan fingerprint density at radius 2 is 1.49 bits per heavy atom. The molecule has 0 radical (unpaired) electrons. The topological polar surface area (TPSA) is 56.7 Å². The van der Waals surface area contributed by atoms with Gasteiger partial charge in [0.25, 0.3) is 0 Å². The molecule has 0 saturated carbocycles. The van der Waals surface area contributed by atoms with Crippen molar-refractivity contribution < 1.29 is 4.42 Å². The van der Waals surface area contributed by atoms with Crippen LogP contribution < -0.4 is 0 Å². The van der Waals surface area contributed by atoms with E-state index in [0.29, 0.717) is 0 Å². The van der Waals surface area contributed by atoms with E-state index in [-0.39, 0.29) is 0 Å². The molecule has 0 amide bonds. The van der Waals surface area contributed by atoms with Gasteiger partial charge in [-0.05, 0) is 83.4 Å². The standard InChI is InChI=1S/C30H28N4O/c1-15-10-17(3)27(18(4)11-15)34-25-13-19(5)31-14-24(25)33-30(34)22-9-8-16(2)26-23-12-20(6)32-21(7)28(23)35-29(22)26/h8-14H,1-7H3. The molecule has 174 valence electrons. The van der Waals surface area contributed by atoms with Gasteiger partial charge in [-0.1, -0.05) is 23.8 Å². The zero-order valence-electron chi connectivity index (χ0n) is 21.2. The molecule has 0 spiro atoms. The van der Waals surface area contributed by atoms with Gasteiger partial charge in [-0.2, -0.15) is 0 Å². The minimum Gasteiger partial charge on any atom is -0.453 e. The molecule has 35 heavy (non-hydrogen) atoms. The second-order valence-electron chi connectivity index (χ2n) is 9.79. The summed E-state index contributed by atoms with van der Waals surface area (Å²) in [5.41, 5.74) is 13.4. The summed E-state index contributed by atoms with van der Waals surface area (Å²) < 4.78 is 8.84. The van der Waals surface area contributed by atoms with Gasteiger partial charge < -0.3 is 4.42 Å². The largest absolute Gasteiger partial charge is 0.453 e. The first-order chi connectivity index (χ1) is 16.7. The monoisotopic (exact) mass is 460 g/mol. The first-order valence-corrected chi connectivity index (χ1v) is 12.0. The lowest BCUT2D eigenvalue weighted by Crippen LogP contribution is -2.04. The van der Waals surface area contributed by atoms with Gasteiger partial charge in [0.05, 0.1) is 28.7 Å². The Hall–Kier alpha value is -3.99. The minimum absolute atomic E-state index is 0.837. The molecule has 4 heterocycles. The Kier molecular flexibility index (Phi) is 4.62. The van der Waals surface area contributed by atoms with E-state index in [0.717, 1.165) is 67.1 Å². The summed E-state index contributed by atoms with van der Waals surface area (Å²) in [6.07, 6.45) is 1.87. The lowest BCUT2D eigenvalue weighted by atomic mass is 10.0. The van der Waals surface area contributed by atoms with Crippen LogP contribution >= 0.6 is 0 Å². The van der Waals surface area contributed by atoms with Gasteiger partial charge >= 0.3 is 0 Å². The summed E-state index contributed by atoms with van der Waals surface area (Å²) in [7, 11) is 0. The van der Waals surface area contributed by atoms with Crippen molar-refractivity contribution in [1.82, 2.24) is 19.5 Å². The third kappa shape index (κ3) is 3.18.